The van der Waals surface area contributed by atoms with Crippen molar-refractivity contribution >= 4 is 34.0 Å². The maximum Gasteiger partial charge on any atom is 0.227 e. The molecule has 234 valence electrons. The highest BCUT2D eigenvalue weighted by Crippen LogP contribution is 2.43. The second-order valence-electron chi connectivity index (χ2n) is 12.6. The number of hydrogen-bond acceptors (Lipinski definition) is 8. The molecule has 5 aromatic rings. The third kappa shape index (κ3) is 5.11. The van der Waals surface area contributed by atoms with Gasteiger partial charge in [-0.1, -0.05) is 11.2 Å². The zero-order valence-corrected chi connectivity index (χ0v) is 26.9. The lowest BCUT2D eigenvalue weighted by atomic mass is 9.95. The van der Waals surface area contributed by atoms with Crippen molar-refractivity contribution in [3.63, 3.8) is 0 Å². The predicted molar refractivity (Wildman–Crippen MR) is 170 cm³/mol. The van der Waals surface area contributed by atoms with Gasteiger partial charge in [-0.2, -0.15) is 0 Å². The smallest absolute Gasteiger partial charge is 0.227 e. The molecule has 0 unspecified atom stereocenters. The SMILES string of the molecule is COc1ccc(N2C(=O)CCC[C@H]2c2nc3cc(-c4c(C)noc4C)ccc3n2[C@@H]2CCc3nc(C(C)(C)O)sc3C2)cc1F. The summed E-state index contributed by atoms with van der Waals surface area (Å²) in [6.07, 6.45) is 4.15. The number of carbonyl (C=O) groups is 1. The van der Waals surface area contributed by atoms with Gasteiger partial charge in [0.2, 0.25) is 5.91 Å². The van der Waals surface area contributed by atoms with Gasteiger partial charge in [0.15, 0.2) is 11.6 Å². The summed E-state index contributed by atoms with van der Waals surface area (Å²) in [4.78, 5) is 26.5. The molecule has 11 heteroatoms. The van der Waals surface area contributed by atoms with E-state index < -0.39 is 11.4 Å². The van der Waals surface area contributed by atoms with Gasteiger partial charge in [-0.25, -0.2) is 14.4 Å². The fourth-order valence-corrected chi connectivity index (χ4v) is 8.05. The molecule has 7 rings (SSSR count). The first kappa shape index (κ1) is 29.6. The van der Waals surface area contributed by atoms with Crippen molar-refractivity contribution in [2.75, 3.05) is 12.0 Å². The van der Waals surface area contributed by atoms with E-state index in [1.807, 2.05) is 13.8 Å². The summed E-state index contributed by atoms with van der Waals surface area (Å²) in [7, 11) is 1.43. The zero-order valence-electron chi connectivity index (χ0n) is 26.1. The van der Waals surface area contributed by atoms with Crippen molar-refractivity contribution in [2.45, 2.75) is 83.9 Å². The molecule has 4 heterocycles. The minimum Gasteiger partial charge on any atom is -0.494 e. The van der Waals surface area contributed by atoms with Crippen LogP contribution in [0.3, 0.4) is 0 Å². The molecule has 0 saturated carbocycles. The Kier molecular flexibility index (Phi) is 7.28. The number of anilines is 1. The van der Waals surface area contributed by atoms with Crippen LogP contribution in [0.4, 0.5) is 10.1 Å². The minimum absolute atomic E-state index is 0.0593. The standard InChI is InChI=1S/C34H36FN5O4S/c1-18-31(19(2)44-38-18)20-9-13-26-25(15-20)36-32(40(26)22-10-12-24-29(17-22)45-33(37-24)34(3,4)42)27-7-6-8-30(41)39(27)21-11-14-28(43-5)23(35)16-21/h9,11,13-16,22,27,42H,6-8,10,12,17H2,1-5H3/t22-,27+/m1/s1. The van der Waals surface area contributed by atoms with E-state index in [0.717, 1.165) is 74.3 Å². The van der Waals surface area contributed by atoms with E-state index in [0.29, 0.717) is 24.9 Å². The maximum atomic E-state index is 15.0. The number of imidazole rings is 1. The molecule has 45 heavy (non-hydrogen) atoms. The van der Waals surface area contributed by atoms with E-state index >= 15 is 0 Å². The van der Waals surface area contributed by atoms with Gasteiger partial charge in [0, 0.05) is 41.1 Å². The number of halogens is 1. The molecule has 1 N–H and O–H groups in total. The first-order valence-electron chi connectivity index (χ1n) is 15.4. The number of aryl methyl sites for hydroxylation is 3. The maximum absolute atomic E-state index is 15.0. The Bertz CT molecular complexity index is 1920. The highest BCUT2D eigenvalue weighted by molar-refractivity contribution is 7.11. The first-order chi connectivity index (χ1) is 21.5. The molecule has 0 radical (unpaired) electrons. The average molecular weight is 630 g/mol. The number of nitrogens with zero attached hydrogens (tertiary/aromatic N) is 5. The molecule has 1 saturated heterocycles. The number of aliphatic hydroxyl groups is 1. The molecule has 3 aromatic heterocycles. The summed E-state index contributed by atoms with van der Waals surface area (Å²) in [6.45, 7) is 7.36. The molecule has 1 aliphatic carbocycles. The van der Waals surface area contributed by atoms with Gasteiger partial charge in [0.1, 0.15) is 22.2 Å². The summed E-state index contributed by atoms with van der Waals surface area (Å²) in [5.74, 6) is 1.08. The van der Waals surface area contributed by atoms with Crippen LogP contribution in [0.2, 0.25) is 0 Å². The summed E-state index contributed by atoms with van der Waals surface area (Å²) in [6, 6.07) is 10.6. The second-order valence-corrected chi connectivity index (χ2v) is 13.7. The third-order valence-electron chi connectivity index (χ3n) is 9.00. The minimum atomic E-state index is -1.00. The molecule has 0 spiro atoms. The molecular formula is C34H36FN5O4S. The van der Waals surface area contributed by atoms with Gasteiger partial charge in [-0.3, -0.25) is 4.79 Å². The zero-order chi connectivity index (χ0) is 31.6. The van der Waals surface area contributed by atoms with Crippen molar-refractivity contribution in [3.05, 3.63) is 75.1 Å². The Morgan fingerprint density at radius 3 is 2.64 bits per heavy atom. The van der Waals surface area contributed by atoms with Crippen LogP contribution >= 0.6 is 11.3 Å². The van der Waals surface area contributed by atoms with Crippen molar-refractivity contribution in [3.8, 4) is 16.9 Å². The van der Waals surface area contributed by atoms with E-state index in [9.17, 15) is 14.3 Å². The van der Waals surface area contributed by atoms with E-state index in [-0.39, 0.29) is 23.7 Å². The number of fused-ring (bicyclic) bond motifs is 2. The summed E-state index contributed by atoms with van der Waals surface area (Å²) in [5, 5.41) is 15.5. The van der Waals surface area contributed by atoms with Gasteiger partial charge in [-0.15, -0.1) is 11.3 Å². The topological polar surface area (TPSA) is 107 Å². The monoisotopic (exact) mass is 629 g/mol. The number of rotatable bonds is 6. The number of hydrogen-bond donors (Lipinski definition) is 1. The van der Waals surface area contributed by atoms with Crippen molar-refractivity contribution in [1.29, 1.82) is 0 Å². The lowest BCUT2D eigenvalue weighted by molar-refractivity contribution is -0.120. The van der Waals surface area contributed by atoms with Crippen LogP contribution in [0.5, 0.6) is 5.75 Å². The number of amides is 1. The molecular weight excluding hydrogens is 593 g/mol. The average Bonchev–Trinajstić information content (AvgIpc) is 3.70. The summed E-state index contributed by atoms with van der Waals surface area (Å²) < 4.78 is 27.9. The Labute approximate surface area is 264 Å². The molecule has 1 aliphatic heterocycles. The van der Waals surface area contributed by atoms with Gasteiger partial charge >= 0.3 is 0 Å². The molecule has 2 atom stereocenters. The van der Waals surface area contributed by atoms with Crippen molar-refractivity contribution < 1.29 is 23.6 Å². The number of carbonyl (C=O) groups excluding carboxylic acids is 1. The van der Waals surface area contributed by atoms with Gasteiger partial charge in [-0.05, 0) is 83.2 Å². The molecule has 9 nitrogen and oxygen atoms in total. The van der Waals surface area contributed by atoms with E-state index in [4.69, 9.17) is 19.2 Å². The van der Waals surface area contributed by atoms with Gasteiger partial charge < -0.3 is 23.8 Å². The fourth-order valence-electron chi connectivity index (χ4n) is 6.87. The van der Waals surface area contributed by atoms with Crippen LogP contribution < -0.4 is 9.64 Å². The number of benzene rings is 2. The third-order valence-corrected chi connectivity index (χ3v) is 10.4. The van der Waals surface area contributed by atoms with Gasteiger partial charge in [0.05, 0.1) is 35.6 Å². The fraction of sp³-hybridized carbons (Fsp3) is 0.412. The highest BCUT2D eigenvalue weighted by atomic mass is 32.1. The molecule has 2 aromatic carbocycles. The van der Waals surface area contributed by atoms with Crippen molar-refractivity contribution in [1.82, 2.24) is 19.7 Å². The quantitative estimate of drug-likeness (QED) is 0.213. The normalized spacial score (nSPS) is 18.9. The molecule has 0 bridgehead atoms. The number of thiazole rings is 1. The van der Waals surface area contributed by atoms with E-state index in [1.165, 1.54) is 13.2 Å². The van der Waals surface area contributed by atoms with Crippen LogP contribution in [0, 0.1) is 19.7 Å². The van der Waals surface area contributed by atoms with Crippen LogP contribution in [-0.4, -0.2) is 37.8 Å². The van der Waals surface area contributed by atoms with Crippen LogP contribution in [0.1, 0.15) is 84.5 Å². The van der Waals surface area contributed by atoms with Crippen LogP contribution in [0.25, 0.3) is 22.2 Å². The Hall–Kier alpha value is -4.09. The molecule has 1 amide bonds. The van der Waals surface area contributed by atoms with Crippen LogP contribution in [0.15, 0.2) is 40.9 Å². The van der Waals surface area contributed by atoms with Gasteiger partial charge in [0.25, 0.3) is 0 Å². The van der Waals surface area contributed by atoms with E-state index in [2.05, 4.69) is 27.9 Å². The van der Waals surface area contributed by atoms with Crippen molar-refractivity contribution in [2.24, 2.45) is 0 Å². The Morgan fingerprint density at radius 2 is 1.93 bits per heavy atom. The Morgan fingerprint density at radius 1 is 1.11 bits per heavy atom. The molecule has 2 aliphatic rings. The lowest BCUT2D eigenvalue weighted by Gasteiger charge is -2.37. The number of methoxy groups -OCH3 is 1. The molecule has 1 fully saturated rings. The highest BCUT2D eigenvalue weighted by Gasteiger charge is 2.37. The number of aromatic nitrogens is 4. The second kappa shape index (κ2) is 11.1. The Balaban J connectivity index is 1.38. The lowest BCUT2D eigenvalue weighted by Crippen LogP contribution is -2.40. The predicted octanol–water partition coefficient (Wildman–Crippen LogP) is 7.13. The van der Waals surface area contributed by atoms with E-state index in [1.54, 1.807) is 42.2 Å². The summed E-state index contributed by atoms with van der Waals surface area (Å²) in [5.41, 5.74) is 5.03. The number of ether oxygens (including phenoxy) is 1. The summed E-state index contributed by atoms with van der Waals surface area (Å²) >= 11 is 1.57. The van der Waals surface area contributed by atoms with Crippen LogP contribution in [-0.2, 0) is 23.2 Å². The largest absolute Gasteiger partial charge is 0.494 e. The first-order valence-corrected chi connectivity index (χ1v) is 16.2. The number of piperidine rings is 1.